The van der Waals surface area contributed by atoms with Gasteiger partial charge in [0.2, 0.25) is 0 Å². The number of hydrogen-bond donors (Lipinski definition) is 0. The van der Waals surface area contributed by atoms with E-state index in [1.807, 2.05) is 81.4 Å². The number of methoxy groups -OCH3 is 2. The summed E-state index contributed by atoms with van der Waals surface area (Å²) >= 11 is 0. The van der Waals surface area contributed by atoms with Crippen molar-refractivity contribution in [2.24, 2.45) is 5.92 Å². The molecule has 5 rings (SSSR count). The molecule has 42 heavy (non-hydrogen) atoms. The molecule has 1 aliphatic heterocycles. The van der Waals surface area contributed by atoms with Crippen LogP contribution in [-0.4, -0.2) is 26.0 Å². The highest BCUT2D eigenvalue weighted by atomic mass is 16.5. The highest BCUT2D eigenvalue weighted by Crippen LogP contribution is 2.48. The maximum Gasteiger partial charge on any atom is 0.306 e. The maximum absolute atomic E-state index is 12.6. The van der Waals surface area contributed by atoms with Crippen LogP contribution in [0.3, 0.4) is 0 Å². The van der Waals surface area contributed by atoms with E-state index in [0.29, 0.717) is 5.75 Å². The van der Waals surface area contributed by atoms with Crippen LogP contribution in [-0.2, 0) is 26.5 Å². The number of aryl methyl sites for hydroxylation is 1. The van der Waals surface area contributed by atoms with Gasteiger partial charge in [0, 0.05) is 40.0 Å². The van der Waals surface area contributed by atoms with E-state index in [9.17, 15) is 9.59 Å². The Bertz CT molecular complexity index is 1580. The van der Waals surface area contributed by atoms with E-state index < -0.39 is 11.6 Å². The first kappa shape index (κ1) is 28.9. The van der Waals surface area contributed by atoms with Gasteiger partial charge >= 0.3 is 5.97 Å². The van der Waals surface area contributed by atoms with Gasteiger partial charge < -0.3 is 18.9 Å². The van der Waals surface area contributed by atoms with Crippen molar-refractivity contribution in [1.29, 1.82) is 0 Å². The van der Waals surface area contributed by atoms with Crippen molar-refractivity contribution in [2.75, 3.05) is 14.2 Å². The van der Waals surface area contributed by atoms with E-state index in [1.54, 1.807) is 14.2 Å². The molecule has 216 valence electrons. The third kappa shape index (κ3) is 5.49. The summed E-state index contributed by atoms with van der Waals surface area (Å²) in [7, 11) is 3.29. The number of Topliss-reactive ketones (excluding diaryl/α,β-unsaturated/α-hetero) is 1. The second-order valence-electron chi connectivity index (χ2n) is 10.8. The molecule has 0 fully saturated rings. The molecule has 0 unspecified atom stereocenters. The van der Waals surface area contributed by atoms with Crippen molar-refractivity contribution < 1.29 is 28.5 Å². The largest absolute Gasteiger partial charge is 0.497 e. The summed E-state index contributed by atoms with van der Waals surface area (Å²) in [5.41, 5.74) is 3.70. The lowest BCUT2D eigenvalue weighted by molar-refractivity contribution is -0.146. The number of benzene rings is 4. The zero-order valence-corrected chi connectivity index (χ0v) is 24.7. The van der Waals surface area contributed by atoms with Gasteiger partial charge in [0.1, 0.15) is 29.6 Å². The Morgan fingerprint density at radius 2 is 1.38 bits per heavy atom. The third-order valence-electron chi connectivity index (χ3n) is 7.98. The van der Waals surface area contributed by atoms with Gasteiger partial charge in [0.15, 0.2) is 5.60 Å². The first-order valence-electron chi connectivity index (χ1n) is 14.2. The average Bonchev–Trinajstić information content (AvgIpc) is 3.03. The van der Waals surface area contributed by atoms with Gasteiger partial charge in [-0.1, -0.05) is 68.5 Å². The van der Waals surface area contributed by atoms with E-state index in [4.69, 9.17) is 18.9 Å². The number of ketones is 1. The predicted octanol–water partition coefficient (Wildman–Crippen LogP) is 7.56. The van der Waals surface area contributed by atoms with Crippen molar-refractivity contribution >= 4 is 28.6 Å². The first-order chi connectivity index (χ1) is 20.3. The Morgan fingerprint density at radius 3 is 1.93 bits per heavy atom. The minimum Gasteiger partial charge on any atom is -0.497 e. The van der Waals surface area contributed by atoms with Crippen molar-refractivity contribution in [1.82, 2.24) is 0 Å². The molecule has 0 radical (unpaired) electrons. The number of carbonyl (C=O) groups is 2. The van der Waals surface area contributed by atoms with E-state index in [2.05, 4.69) is 24.3 Å². The summed E-state index contributed by atoms with van der Waals surface area (Å²) in [5.74, 6) is 1.78. The van der Waals surface area contributed by atoms with Crippen LogP contribution < -0.4 is 14.2 Å². The summed E-state index contributed by atoms with van der Waals surface area (Å²) < 4.78 is 23.7. The normalized spacial score (nSPS) is 13.4. The molecular weight excluding hydrogens is 528 g/mol. The molecule has 1 heterocycles. The number of esters is 1. The minimum absolute atomic E-state index is 0.0518. The van der Waals surface area contributed by atoms with Crippen molar-refractivity contribution in [3.63, 3.8) is 0 Å². The average molecular weight is 565 g/mol. The van der Waals surface area contributed by atoms with Crippen LogP contribution in [0.2, 0.25) is 0 Å². The van der Waals surface area contributed by atoms with E-state index in [1.165, 1.54) is 0 Å². The molecular formula is C36H36O6. The van der Waals surface area contributed by atoms with E-state index in [-0.39, 0.29) is 31.1 Å². The van der Waals surface area contributed by atoms with Gasteiger partial charge in [-0.05, 0) is 48.2 Å². The minimum atomic E-state index is -0.936. The molecule has 4 aromatic carbocycles. The quantitative estimate of drug-likeness (QED) is 0.185. The highest BCUT2D eigenvalue weighted by Gasteiger charge is 2.39. The fraction of sp³-hybridized carbons (Fsp3) is 0.278. The van der Waals surface area contributed by atoms with Gasteiger partial charge in [-0.15, -0.1) is 0 Å². The fourth-order valence-electron chi connectivity index (χ4n) is 5.42. The summed E-state index contributed by atoms with van der Waals surface area (Å²) in [6.07, 6.45) is 4.37. The summed E-state index contributed by atoms with van der Waals surface area (Å²) in [6.45, 7) is 5.79. The van der Waals surface area contributed by atoms with Crippen molar-refractivity contribution in [3.8, 4) is 17.2 Å². The number of hydrogen-bond acceptors (Lipinski definition) is 6. The van der Waals surface area contributed by atoms with E-state index >= 15 is 0 Å². The Morgan fingerprint density at radius 1 is 0.810 bits per heavy atom. The molecule has 4 aromatic rings. The molecule has 0 spiro atoms. The second-order valence-corrected chi connectivity index (χ2v) is 10.8. The summed E-state index contributed by atoms with van der Waals surface area (Å²) in [5, 5.41) is 1.99. The number of fused-ring (bicyclic) bond motifs is 3. The first-order valence-corrected chi connectivity index (χ1v) is 14.2. The Balaban J connectivity index is 1.59. The van der Waals surface area contributed by atoms with Gasteiger partial charge in [0.05, 0.1) is 20.6 Å². The Kier molecular flexibility index (Phi) is 8.34. The van der Waals surface area contributed by atoms with Crippen LogP contribution in [0, 0.1) is 12.8 Å². The molecule has 0 aromatic heterocycles. The molecule has 0 saturated carbocycles. The third-order valence-corrected chi connectivity index (χ3v) is 7.98. The molecule has 0 saturated heterocycles. The smallest absolute Gasteiger partial charge is 0.306 e. The lowest BCUT2D eigenvalue weighted by Gasteiger charge is -2.37. The highest BCUT2D eigenvalue weighted by molar-refractivity contribution is 5.96. The maximum atomic E-state index is 12.6. The molecule has 0 aliphatic carbocycles. The molecule has 0 N–H and O–H groups in total. The lowest BCUT2D eigenvalue weighted by atomic mass is 9.82. The molecule has 6 heteroatoms. The Hall–Kier alpha value is -4.58. The molecule has 0 atom stereocenters. The van der Waals surface area contributed by atoms with Crippen molar-refractivity contribution in [2.45, 2.75) is 45.8 Å². The monoisotopic (exact) mass is 564 g/mol. The second kappa shape index (κ2) is 12.1. The van der Waals surface area contributed by atoms with Gasteiger partial charge in [0.25, 0.3) is 0 Å². The van der Waals surface area contributed by atoms with Crippen LogP contribution in [0.25, 0.3) is 16.8 Å². The molecule has 6 nitrogen and oxygen atoms in total. The van der Waals surface area contributed by atoms with Crippen LogP contribution in [0.5, 0.6) is 17.2 Å². The van der Waals surface area contributed by atoms with Crippen LogP contribution in [0.1, 0.15) is 54.5 Å². The van der Waals surface area contributed by atoms with Crippen LogP contribution in [0.4, 0.5) is 0 Å². The topological polar surface area (TPSA) is 71.1 Å². The van der Waals surface area contributed by atoms with Gasteiger partial charge in [-0.3, -0.25) is 9.59 Å². The lowest BCUT2D eigenvalue weighted by Crippen LogP contribution is -2.34. The summed E-state index contributed by atoms with van der Waals surface area (Å²) in [6, 6.07) is 23.8. The standard InChI is InChI=1S/C36H36O6/c1-23(2)33(37)18-19-34(38)41-22-32-24(3)29-8-6-7-9-30(29)35-31(32)20-21-36(42-35,25-10-14-27(39-4)15-11-25)26-12-16-28(40-5)17-13-26/h6-17,20-21,23H,18-19,22H2,1-5H3. The zero-order chi connectivity index (χ0) is 29.9. The predicted molar refractivity (Wildman–Crippen MR) is 164 cm³/mol. The van der Waals surface area contributed by atoms with Gasteiger partial charge in [-0.2, -0.15) is 0 Å². The molecule has 0 bridgehead atoms. The Labute approximate surface area is 246 Å². The van der Waals surface area contributed by atoms with Crippen LogP contribution in [0.15, 0.2) is 78.9 Å². The number of ether oxygens (including phenoxy) is 4. The fourth-order valence-corrected chi connectivity index (χ4v) is 5.42. The van der Waals surface area contributed by atoms with E-state index in [0.717, 1.165) is 50.1 Å². The van der Waals surface area contributed by atoms with Crippen molar-refractivity contribution in [3.05, 3.63) is 107 Å². The zero-order valence-electron chi connectivity index (χ0n) is 24.7. The molecule has 0 amide bonds. The molecule has 1 aliphatic rings. The number of carbonyl (C=O) groups excluding carboxylic acids is 2. The van der Waals surface area contributed by atoms with Crippen LogP contribution >= 0.6 is 0 Å². The summed E-state index contributed by atoms with van der Waals surface area (Å²) in [4.78, 5) is 24.7. The number of rotatable bonds is 10. The van der Waals surface area contributed by atoms with Gasteiger partial charge in [-0.25, -0.2) is 0 Å². The SMILES string of the molecule is COc1ccc(C2(c3ccc(OC)cc3)C=Cc3c(COC(=O)CCC(=O)C(C)C)c(C)c4ccccc4c3O2)cc1.